The largest absolute Gasteiger partial charge is 0.456 e. The van der Waals surface area contributed by atoms with Gasteiger partial charge in [-0.3, -0.25) is 4.79 Å². The fraction of sp³-hybridized carbons (Fsp3) is 0.389. The summed E-state index contributed by atoms with van der Waals surface area (Å²) in [6.45, 7) is 4.10. The van der Waals surface area contributed by atoms with Gasteiger partial charge in [0, 0.05) is 5.57 Å². The van der Waals surface area contributed by atoms with Gasteiger partial charge in [-0.15, -0.1) is 0 Å². The van der Waals surface area contributed by atoms with E-state index in [9.17, 15) is 9.59 Å². The van der Waals surface area contributed by atoms with E-state index in [0.29, 0.717) is 12.1 Å². The van der Waals surface area contributed by atoms with Gasteiger partial charge in [0.25, 0.3) is 0 Å². The van der Waals surface area contributed by atoms with E-state index >= 15 is 0 Å². The molecule has 0 spiro atoms. The zero-order valence-corrected chi connectivity index (χ0v) is 13.8. The molecule has 1 heterocycles. The van der Waals surface area contributed by atoms with Crippen molar-refractivity contribution in [2.75, 3.05) is 13.2 Å². The number of cyclic esters (lactones) is 1. The Kier molecular flexibility index (Phi) is 5.96. The molecule has 1 unspecified atom stereocenters. The number of rotatable bonds is 7. The Morgan fingerprint density at radius 1 is 1.33 bits per heavy atom. The second kappa shape index (κ2) is 8.16. The van der Waals surface area contributed by atoms with E-state index in [0.717, 1.165) is 11.1 Å². The molecule has 0 aromatic heterocycles. The molecule has 1 amide bonds. The molecule has 0 saturated heterocycles. The van der Waals surface area contributed by atoms with Crippen LogP contribution in [-0.2, 0) is 14.3 Å². The number of nitrogens with zero attached hydrogens (tertiary/aromatic N) is 1. The highest BCUT2D eigenvalue weighted by Crippen LogP contribution is 2.25. The Hall–Kier alpha value is -2.81. The zero-order chi connectivity index (χ0) is 17.5. The van der Waals surface area contributed by atoms with E-state index in [-0.39, 0.29) is 25.0 Å². The van der Waals surface area contributed by atoms with E-state index in [1.54, 1.807) is 0 Å². The lowest BCUT2D eigenvalue weighted by Gasteiger charge is -2.20. The monoisotopic (exact) mass is 327 g/mol. The van der Waals surface area contributed by atoms with E-state index in [2.05, 4.69) is 10.6 Å². The molecule has 24 heavy (non-hydrogen) atoms. The Morgan fingerprint density at radius 3 is 2.67 bits per heavy atom. The smallest absolute Gasteiger partial charge is 0.355 e. The Morgan fingerprint density at radius 2 is 2.04 bits per heavy atom. The van der Waals surface area contributed by atoms with Gasteiger partial charge in [0.2, 0.25) is 5.91 Å². The molecule has 0 aliphatic carbocycles. The van der Waals surface area contributed by atoms with Crippen molar-refractivity contribution in [3.63, 3.8) is 0 Å². The van der Waals surface area contributed by atoms with Crippen LogP contribution in [0.15, 0.2) is 36.0 Å². The van der Waals surface area contributed by atoms with Gasteiger partial charge in [-0.1, -0.05) is 44.2 Å². The van der Waals surface area contributed by atoms with Gasteiger partial charge < -0.3 is 15.4 Å². The van der Waals surface area contributed by atoms with Crippen LogP contribution in [-0.4, -0.2) is 31.1 Å². The van der Waals surface area contributed by atoms with Gasteiger partial charge in [-0.05, 0) is 17.9 Å². The molecule has 0 bridgehead atoms. The summed E-state index contributed by atoms with van der Waals surface area (Å²) >= 11 is 0. The highest BCUT2D eigenvalue weighted by atomic mass is 16.5. The van der Waals surface area contributed by atoms with Crippen molar-refractivity contribution in [2.45, 2.75) is 26.3 Å². The number of nitrogens with one attached hydrogen (secondary N) is 2. The lowest BCUT2D eigenvalue weighted by Crippen LogP contribution is -2.45. The predicted molar refractivity (Wildman–Crippen MR) is 89.3 cm³/mol. The third-order valence-electron chi connectivity index (χ3n) is 3.66. The lowest BCUT2D eigenvalue weighted by molar-refractivity contribution is -0.136. The minimum atomic E-state index is -0.599. The molecule has 1 atom stereocenters. The maximum absolute atomic E-state index is 12.3. The number of carbonyl (C=O) groups is 2. The van der Waals surface area contributed by atoms with Gasteiger partial charge >= 0.3 is 5.97 Å². The third kappa shape index (κ3) is 4.35. The highest BCUT2D eigenvalue weighted by molar-refractivity contribution is 6.02. The molecule has 0 radical (unpaired) electrons. The number of nitriles is 1. The molecule has 2 N–H and O–H groups in total. The average Bonchev–Trinajstić information content (AvgIpc) is 2.93. The fourth-order valence-corrected chi connectivity index (χ4v) is 2.55. The summed E-state index contributed by atoms with van der Waals surface area (Å²) in [4.78, 5) is 24.4. The summed E-state index contributed by atoms with van der Waals surface area (Å²) in [5, 5.41) is 14.2. The van der Waals surface area contributed by atoms with Gasteiger partial charge in [0.05, 0.1) is 6.07 Å². The van der Waals surface area contributed by atoms with Crippen LogP contribution in [0.25, 0.3) is 5.57 Å². The number of hydrogen-bond acceptors (Lipinski definition) is 5. The molecule has 6 heteroatoms. The van der Waals surface area contributed by atoms with E-state index in [1.165, 1.54) is 0 Å². The molecule has 0 saturated carbocycles. The van der Waals surface area contributed by atoms with E-state index in [4.69, 9.17) is 10.00 Å². The van der Waals surface area contributed by atoms with Gasteiger partial charge in [0.1, 0.15) is 24.9 Å². The molecule has 1 aromatic carbocycles. The number of esters is 1. The average molecular weight is 327 g/mol. The second-order valence-electron chi connectivity index (χ2n) is 6.00. The number of ether oxygens (including phenoxy) is 1. The molecular formula is C18H21N3O3. The number of amides is 1. The van der Waals surface area contributed by atoms with Crippen molar-refractivity contribution in [1.82, 2.24) is 10.6 Å². The van der Waals surface area contributed by atoms with Crippen LogP contribution in [0.2, 0.25) is 0 Å². The van der Waals surface area contributed by atoms with Crippen LogP contribution >= 0.6 is 0 Å². The van der Waals surface area contributed by atoms with Crippen LogP contribution in [0.5, 0.6) is 0 Å². The van der Waals surface area contributed by atoms with Crippen LogP contribution in [0.3, 0.4) is 0 Å². The SMILES string of the molecule is CC(C)CC(NC1=C(c2ccccc2)COC1=O)C(=O)NCC#N. The number of benzene rings is 1. The Labute approximate surface area is 141 Å². The molecule has 1 aromatic rings. The van der Waals surface area contributed by atoms with Crippen molar-refractivity contribution < 1.29 is 14.3 Å². The predicted octanol–water partition coefficient (Wildman–Crippen LogP) is 1.60. The lowest BCUT2D eigenvalue weighted by atomic mass is 10.0. The van der Waals surface area contributed by atoms with Crippen molar-refractivity contribution in [3.05, 3.63) is 41.6 Å². The van der Waals surface area contributed by atoms with Gasteiger partial charge in [-0.25, -0.2) is 4.79 Å². The second-order valence-corrected chi connectivity index (χ2v) is 6.00. The van der Waals surface area contributed by atoms with E-state index < -0.39 is 12.0 Å². The topological polar surface area (TPSA) is 91.2 Å². The summed E-state index contributed by atoms with van der Waals surface area (Å²) in [5.41, 5.74) is 1.94. The normalized spacial score (nSPS) is 15.0. The van der Waals surface area contributed by atoms with Crippen LogP contribution in [0.1, 0.15) is 25.8 Å². The summed E-state index contributed by atoms with van der Waals surface area (Å²) < 4.78 is 5.14. The molecular weight excluding hydrogens is 306 g/mol. The molecule has 1 aliphatic heterocycles. The molecule has 0 fully saturated rings. The maximum Gasteiger partial charge on any atom is 0.355 e. The summed E-state index contributed by atoms with van der Waals surface area (Å²) in [6.07, 6.45) is 0.538. The maximum atomic E-state index is 12.3. The Balaban J connectivity index is 2.26. The quantitative estimate of drug-likeness (QED) is 0.586. The van der Waals surface area contributed by atoms with Gasteiger partial charge in [-0.2, -0.15) is 5.26 Å². The standard InChI is InChI=1S/C18H21N3O3/c1-12(2)10-15(17(22)20-9-8-19)21-16-14(11-24-18(16)23)13-6-4-3-5-7-13/h3-7,12,15,21H,9-11H2,1-2H3,(H,20,22). The first-order valence-electron chi connectivity index (χ1n) is 7.89. The van der Waals surface area contributed by atoms with Crippen molar-refractivity contribution in [1.29, 1.82) is 5.26 Å². The minimum Gasteiger partial charge on any atom is -0.456 e. The van der Waals surface area contributed by atoms with Crippen LogP contribution < -0.4 is 10.6 Å². The minimum absolute atomic E-state index is 0.0653. The molecule has 1 aliphatic rings. The van der Waals surface area contributed by atoms with Gasteiger partial charge in [0.15, 0.2) is 0 Å². The number of hydrogen-bond donors (Lipinski definition) is 2. The van der Waals surface area contributed by atoms with Crippen molar-refractivity contribution in [3.8, 4) is 6.07 Å². The van der Waals surface area contributed by atoms with Crippen LogP contribution in [0.4, 0.5) is 0 Å². The first kappa shape index (κ1) is 17.5. The summed E-state index contributed by atoms with van der Waals surface area (Å²) in [7, 11) is 0. The number of carbonyl (C=O) groups excluding carboxylic acids is 2. The van der Waals surface area contributed by atoms with Crippen LogP contribution in [0, 0.1) is 17.2 Å². The first-order chi connectivity index (χ1) is 11.5. The third-order valence-corrected chi connectivity index (χ3v) is 3.66. The fourth-order valence-electron chi connectivity index (χ4n) is 2.55. The van der Waals surface area contributed by atoms with Crippen molar-refractivity contribution in [2.24, 2.45) is 5.92 Å². The molecule has 2 rings (SSSR count). The van der Waals surface area contributed by atoms with E-state index in [1.807, 2.05) is 50.2 Å². The summed E-state index contributed by atoms with van der Waals surface area (Å²) in [6, 6.07) is 10.7. The zero-order valence-electron chi connectivity index (χ0n) is 13.8. The Bertz CT molecular complexity index is 674. The summed E-state index contributed by atoms with van der Waals surface area (Å²) in [5.74, 6) is -0.519. The van der Waals surface area contributed by atoms with Crippen molar-refractivity contribution >= 4 is 17.4 Å². The molecule has 6 nitrogen and oxygen atoms in total. The molecule has 126 valence electrons. The highest BCUT2D eigenvalue weighted by Gasteiger charge is 2.30. The first-order valence-corrected chi connectivity index (χ1v) is 7.89.